The molecule has 3 aromatic rings. The molecule has 1 N–H and O–H groups in total. The Kier molecular flexibility index (Phi) is 5.62. The second kappa shape index (κ2) is 8.61. The fourth-order valence-corrected chi connectivity index (χ4v) is 4.79. The van der Waals surface area contributed by atoms with E-state index >= 15 is 0 Å². The number of benzene rings is 3. The van der Waals surface area contributed by atoms with Crippen molar-refractivity contribution in [2.45, 2.75) is 31.3 Å². The zero-order valence-electron chi connectivity index (χ0n) is 18.6. The molecule has 0 unspecified atom stereocenters. The summed E-state index contributed by atoms with van der Waals surface area (Å²) in [7, 11) is 1.37. The number of carbonyl (C=O) groups is 3. The van der Waals surface area contributed by atoms with Gasteiger partial charge in [-0.2, -0.15) is 0 Å². The van der Waals surface area contributed by atoms with Gasteiger partial charge in [0.25, 0.3) is 11.8 Å². The van der Waals surface area contributed by atoms with E-state index in [1.54, 1.807) is 29.2 Å². The first-order chi connectivity index (χ1) is 16.4. The lowest BCUT2D eigenvalue weighted by Gasteiger charge is -2.45. The third-order valence-electron chi connectivity index (χ3n) is 6.76. The van der Waals surface area contributed by atoms with Gasteiger partial charge >= 0.3 is 5.97 Å². The molecule has 1 heterocycles. The Balaban J connectivity index is 1.33. The van der Waals surface area contributed by atoms with E-state index in [4.69, 9.17) is 16.3 Å². The number of methoxy groups -OCH3 is 1. The van der Waals surface area contributed by atoms with Gasteiger partial charge in [0.15, 0.2) is 0 Å². The summed E-state index contributed by atoms with van der Waals surface area (Å²) in [5.74, 6) is -0.687. The molecule has 0 bridgehead atoms. The first kappa shape index (κ1) is 22.2. The van der Waals surface area contributed by atoms with E-state index < -0.39 is 5.54 Å². The molecule has 3 aromatic carbocycles. The van der Waals surface area contributed by atoms with Crippen LogP contribution in [0.3, 0.4) is 0 Å². The maximum atomic E-state index is 13.2. The average molecular weight is 475 g/mol. The number of ether oxygens (including phenoxy) is 1. The molecular weight excluding hydrogens is 452 g/mol. The van der Waals surface area contributed by atoms with E-state index in [0.29, 0.717) is 41.2 Å². The number of rotatable bonds is 5. The average Bonchev–Trinajstić information content (AvgIpc) is 3.15. The van der Waals surface area contributed by atoms with Crippen molar-refractivity contribution in [1.29, 1.82) is 0 Å². The number of esters is 1. The lowest BCUT2D eigenvalue weighted by Crippen LogP contribution is -2.59. The zero-order valence-corrected chi connectivity index (χ0v) is 19.4. The molecule has 172 valence electrons. The van der Waals surface area contributed by atoms with Gasteiger partial charge in [-0.05, 0) is 78.4 Å². The van der Waals surface area contributed by atoms with Gasteiger partial charge in [0.2, 0.25) is 0 Å². The highest BCUT2D eigenvalue weighted by atomic mass is 35.5. The molecule has 0 spiro atoms. The van der Waals surface area contributed by atoms with E-state index in [1.165, 1.54) is 7.11 Å². The van der Waals surface area contributed by atoms with E-state index in [9.17, 15) is 14.4 Å². The Morgan fingerprint density at radius 1 is 0.971 bits per heavy atom. The van der Waals surface area contributed by atoms with Gasteiger partial charge in [-0.3, -0.25) is 9.59 Å². The van der Waals surface area contributed by atoms with Crippen LogP contribution >= 0.6 is 11.6 Å². The van der Waals surface area contributed by atoms with E-state index in [0.717, 1.165) is 23.1 Å². The lowest BCUT2D eigenvalue weighted by molar-refractivity contribution is -0.159. The SMILES string of the molecule is COC(=O)C1(N2Cc3ccc(-c4ccc(NC(=O)c5ccc(Cl)cc5)cc4)cc3C2=O)CCC1. The minimum absolute atomic E-state index is 0.131. The van der Waals surface area contributed by atoms with E-state index in [2.05, 4.69) is 5.32 Å². The number of carbonyl (C=O) groups excluding carboxylic acids is 3. The van der Waals surface area contributed by atoms with Gasteiger partial charge in [-0.1, -0.05) is 35.9 Å². The molecule has 5 rings (SSSR count). The molecule has 7 heteroatoms. The van der Waals surface area contributed by atoms with Crippen LogP contribution < -0.4 is 5.32 Å². The highest BCUT2D eigenvalue weighted by Gasteiger charge is 2.54. The smallest absolute Gasteiger partial charge is 0.331 e. The van der Waals surface area contributed by atoms with Gasteiger partial charge in [-0.25, -0.2) is 4.79 Å². The maximum Gasteiger partial charge on any atom is 0.331 e. The summed E-state index contributed by atoms with van der Waals surface area (Å²) in [5.41, 5.74) is 3.69. The first-order valence-corrected chi connectivity index (χ1v) is 11.5. The molecule has 0 aromatic heterocycles. The lowest BCUT2D eigenvalue weighted by atomic mass is 9.75. The largest absolute Gasteiger partial charge is 0.467 e. The summed E-state index contributed by atoms with van der Waals surface area (Å²) < 4.78 is 5.01. The summed E-state index contributed by atoms with van der Waals surface area (Å²) >= 11 is 5.88. The highest BCUT2D eigenvalue weighted by Crippen LogP contribution is 2.43. The first-order valence-electron chi connectivity index (χ1n) is 11.1. The topological polar surface area (TPSA) is 75.7 Å². The van der Waals surface area contributed by atoms with Crippen LogP contribution in [0.1, 0.15) is 45.5 Å². The third kappa shape index (κ3) is 3.74. The summed E-state index contributed by atoms with van der Waals surface area (Å²) in [4.78, 5) is 39.8. The van der Waals surface area contributed by atoms with Crippen molar-refractivity contribution in [1.82, 2.24) is 4.90 Å². The summed E-state index contributed by atoms with van der Waals surface area (Å²) in [6, 6.07) is 19.9. The molecule has 0 atom stereocenters. The second-order valence-corrected chi connectivity index (χ2v) is 9.11. The minimum Gasteiger partial charge on any atom is -0.467 e. The fourth-order valence-electron chi connectivity index (χ4n) is 4.66. The van der Waals surface area contributed by atoms with Crippen LogP contribution in [0, 0.1) is 0 Å². The second-order valence-electron chi connectivity index (χ2n) is 8.68. The van der Waals surface area contributed by atoms with Gasteiger partial charge in [-0.15, -0.1) is 0 Å². The molecule has 34 heavy (non-hydrogen) atoms. The van der Waals surface area contributed by atoms with Crippen molar-refractivity contribution in [3.8, 4) is 11.1 Å². The molecular formula is C27H23ClN2O4. The Labute approximate surface area is 202 Å². The van der Waals surface area contributed by atoms with Crippen molar-refractivity contribution in [3.05, 3.63) is 88.4 Å². The quantitative estimate of drug-likeness (QED) is 0.508. The number of fused-ring (bicyclic) bond motifs is 1. The Morgan fingerprint density at radius 2 is 1.65 bits per heavy atom. The summed E-state index contributed by atoms with van der Waals surface area (Å²) in [5, 5.41) is 3.44. The van der Waals surface area contributed by atoms with Crippen LogP contribution in [0.25, 0.3) is 11.1 Å². The molecule has 1 fully saturated rings. The van der Waals surface area contributed by atoms with Gasteiger partial charge < -0.3 is 15.0 Å². The predicted octanol–water partition coefficient (Wildman–Crippen LogP) is 5.31. The Hall–Kier alpha value is -3.64. The fraction of sp³-hybridized carbons (Fsp3) is 0.222. The molecule has 0 saturated heterocycles. The van der Waals surface area contributed by atoms with Crippen LogP contribution in [-0.4, -0.2) is 35.3 Å². The van der Waals surface area contributed by atoms with Gasteiger partial charge in [0.1, 0.15) is 5.54 Å². The number of nitrogens with zero attached hydrogens (tertiary/aromatic N) is 1. The van der Waals surface area contributed by atoms with Crippen LogP contribution in [-0.2, 0) is 16.1 Å². The van der Waals surface area contributed by atoms with Crippen molar-refractivity contribution >= 4 is 35.1 Å². The molecule has 0 radical (unpaired) electrons. The number of hydrogen-bond donors (Lipinski definition) is 1. The van der Waals surface area contributed by atoms with Crippen molar-refractivity contribution < 1.29 is 19.1 Å². The monoisotopic (exact) mass is 474 g/mol. The number of amides is 2. The number of hydrogen-bond acceptors (Lipinski definition) is 4. The van der Waals surface area contributed by atoms with Crippen LogP contribution in [0.5, 0.6) is 0 Å². The van der Waals surface area contributed by atoms with Crippen LogP contribution in [0.4, 0.5) is 5.69 Å². The van der Waals surface area contributed by atoms with Gasteiger partial charge in [0.05, 0.1) is 7.11 Å². The summed E-state index contributed by atoms with van der Waals surface area (Å²) in [6.07, 6.45) is 2.17. The minimum atomic E-state index is -0.838. The number of nitrogens with one attached hydrogen (secondary N) is 1. The van der Waals surface area contributed by atoms with Crippen molar-refractivity contribution in [3.63, 3.8) is 0 Å². The Morgan fingerprint density at radius 3 is 2.26 bits per heavy atom. The third-order valence-corrected chi connectivity index (χ3v) is 7.01. The van der Waals surface area contributed by atoms with Crippen LogP contribution in [0.15, 0.2) is 66.7 Å². The highest BCUT2D eigenvalue weighted by molar-refractivity contribution is 6.30. The standard InChI is InChI=1S/C27H23ClN2O4/c1-34-26(33)27(13-2-14-27)30-16-20-4-3-19(15-23(20)25(30)32)17-7-11-22(12-8-17)29-24(31)18-5-9-21(28)10-6-18/h3-12,15H,2,13-14,16H2,1H3,(H,29,31). The van der Waals surface area contributed by atoms with Crippen molar-refractivity contribution in [2.75, 3.05) is 12.4 Å². The molecule has 2 aliphatic rings. The number of anilines is 1. The molecule has 1 aliphatic carbocycles. The van der Waals surface area contributed by atoms with Crippen molar-refractivity contribution in [2.24, 2.45) is 0 Å². The summed E-state index contributed by atoms with van der Waals surface area (Å²) in [6.45, 7) is 0.416. The number of halogens is 1. The van der Waals surface area contributed by atoms with E-state index in [1.807, 2.05) is 42.5 Å². The van der Waals surface area contributed by atoms with Gasteiger partial charge in [0, 0.05) is 28.4 Å². The molecule has 1 aliphatic heterocycles. The molecule has 6 nitrogen and oxygen atoms in total. The normalized spacial score (nSPS) is 15.9. The zero-order chi connectivity index (χ0) is 23.9. The van der Waals surface area contributed by atoms with E-state index in [-0.39, 0.29) is 17.8 Å². The molecule has 1 saturated carbocycles. The van der Waals surface area contributed by atoms with Crippen LogP contribution in [0.2, 0.25) is 5.02 Å². The predicted molar refractivity (Wildman–Crippen MR) is 130 cm³/mol. The molecule has 2 amide bonds. The Bertz CT molecular complexity index is 1280. The maximum absolute atomic E-state index is 13.2.